The molecule has 3 aromatic rings. The lowest BCUT2D eigenvalue weighted by Gasteiger charge is -2.10. The number of thioether (sulfide) groups is 1. The Labute approximate surface area is 163 Å². The van der Waals surface area contributed by atoms with Gasteiger partial charge in [0.05, 0.1) is 15.8 Å². The number of anilines is 1. The number of hydrogen-bond donors (Lipinski definition) is 2. The van der Waals surface area contributed by atoms with Crippen molar-refractivity contribution in [3.8, 4) is 0 Å². The van der Waals surface area contributed by atoms with Crippen LogP contribution in [0.25, 0.3) is 5.78 Å². The van der Waals surface area contributed by atoms with Gasteiger partial charge < -0.3 is 5.32 Å². The van der Waals surface area contributed by atoms with Gasteiger partial charge in [-0.15, -0.1) is 10.2 Å². The van der Waals surface area contributed by atoms with Crippen LogP contribution in [0.2, 0.25) is 10.0 Å². The van der Waals surface area contributed by atoms with Crippen LogP contribution < -0.4 is 10.9 Å². The van der Waals surface area contributed by atoms with E-state index < -0.39 is 0 Å². The Morgan fingerprint density at radius 3 is 2.73 bits per heavy atom. The second kappa shape index (κ2) is 7.69. The third kappa shape index (κ3) is 4.03. The number of carbonyl (C=O) groups is 1. The average molecular weight is 412 g/mol. The lowest BCUT2D eigenvalue weighted by atomic mass is 10.1. The molecule has 3 rings (SSSR count). The molecule has 26 heavy (non-hydrogen) atoms. The molecule has 10 heteroatoms. The summed E-state index contributed by atoms with van der Waals surface area (Å²) in [6, 6.07) is 6.39. The smallest absolute Gasteiger partial charge is 0.252 e. The Kier molecular flexibility index (Phi) is 5.55. The number of hydrogen-bond acceptors (Lipinski definition) is 5. The van der Waals surface area contributed by atoms with Crippen LogP contribution in [0.5, 0.6) is 0 Å². The maximum Gasteiger partial charge on any atom is 0.252 e. The zero-order valence-corrected chi connectivity index (χ0v) is 16.2. The quantitative estimate of drug-likeness (QED) is 0.625. The molecule has 0 radical (unpaired) electrons. The van der Waals surface area contributed by atoms with Crippen molar-refractivity contribution in [3.05, 3.63) is 50.4 Å². The first kappa shape index (κ1) is 18.8. The number of amides is 1. The predicted octanol–water partition coefficient (Wildman–Crippen LogP) is 3.58. The van der Waals surface area contributed by atoms with Crippen molar-refractivity contribution < 1.29 is 4.79 Å². The van der Waals surface area contributed by atoms with Crippen LogP contribution in [-0.2, 0) is 4.79 Å². The SMILES string of the molecule is CC(C)c1cc(=O)[nH]c2nnc(SCC(=O)Nc3ccc(Cl)c(Cl)c3)n12. The lowest BCUT2D eigenvalue weighted by Crippen LogP contribution is -2.15. The topological polar surface area (TPSA) is 92.2 Å². The van der Waals surface area contributed by atoms with E-state index in [-0.39, 0.29) is 23.1 Å². The molecule has 136 valence electrons. The van der Waals surface area contributed by atoms with Crippen molar-refractivity contribution in [1.82, 2.24) is 19.6 Å². The van der Waals surface area contributed by atoms with Gasteiger partial charge in [-0.25, -0.2) is 0 Å². The molecule has 0 fully saturated rings. The zero-order valence-electron chi connectivity index (χ0n) is 13.9. The molecule has 2 heterocycles. The minimum atomic E-state index is -0.234. The highest BCUT2D eigenvalue weighted by Crippen LogP contribution is 2.25. The summed E-state index contributed by atoms with van der Waals surface area (Å²) in [5, 5.41) is 12.1. The highest BCUT2D eigenvalue weighted by atomic mass is 35.5. The molecule has 2 aromatic heterocycles. The number of nitrogens with zero attached hydrogens (tertiary/aromatic N) is 3. The van der Waals surface area contributed by atoms with Crippen molar-refractivity contribution in [2.24, 2.45) is 0 Å². The van der Waals surface area contributed by atoms with Gasteiger partial charge in [-0.05, 0) is 24.1 Å². The fraction of sp³-hybridized carbons (Fsp3) is 0.250. The standard InChI is InChI=1S/C16H15Cl2N5O2S/c1-8(2)12-6-13(24)20-15-21-22-16(23(12)15)26-7-14(25)19-9-3-4-10(17)11(18)5-9/h3-6,8H,7H2,1-2H3,(H,19,25)(H,20,21,24). The molecule has 0 aliphatic carbocycles. The van der Waals surface area contributed by atoms with Crippen LogP contribution in [-0.4, -0.2) is 31.2 Å². The average Bonchev–Trinajstić information content (AvgIpc) is 2.98. The number of carbonyl (C=O) groups excluding carboxylic acids is 1. The fourth-order valence-corrected chi connectivity index (χ4v) is 3.40. The van der Waals surface area contributed by atoms with Gasteiger partial charge in [-0.2, -0.15) is 0 Å². The van der Waals surface area contributed by atoms with Crippen LogP contribution in [0.4, 0.5) is 5.69 Å². The third-order valence-electron chi connectivity index (χ3n) is 3.53. The molecule has 0 atom stereocenters. The van der Waals surface area contributed by atoms with E-state index in [0.717, 1.165) is 5.69 Å². The first-order valence-corrected chi connectivity index (χ1v) is 9.45. The molecule has 0 aliphatic heterocycles. The lowest BCUT2D eigenvalue weighted by molar-refractivity contribution is -0.113. The molecule has 2 N–H and O–H groups in total. The second-order valence-electron chi connectivity index (χ2n) is 5.82. The molecular formula is C16H15Cl2N5O2S. The third-order valence-corrected chi connectivity index (χ3v) is 5.20. The first-order valence-electron chi connectivity index (χ1n) is 7.71. The number of aromatic amines is 1. The van der Waals surface area contributed by atoms with E-state index >= 15 is 0 Å². The Morgan fingerprint density at radius 2 is 2.04 bits per heavy atom. The molecule has 0 aliphatic rings. The molecule has 0 saturated carbocycles. The van der Waals surface area contributed by atoms with Crippen LogP contribution >= 0.6 is 35.0 Å². The molecule has 7 nitrogen and oxygen atoms in total. The van der Waals surface area contributed by atoms with E-state index in [9.17, 15) is 9.59 Å². The van der Waals surface area contributed by atoms with Crippen molar-refractivity contribution in [3.63, 3.8) is 0 Å². The predicted molar refractivity (Wildman–Crippen MR) is 104 cm³/mol. The van der Waals surface area contributed by atoms with Crippen LogP contribution in [0.15, 0.2) is 34.2 Å². The summed E-state index contributed by atoms with van der Waals surface area (Å²) in [6.07, 6.45) is 0. The van der Waals surface area contributed by atoms with Gasteiger partial charge >= 0.3 is 0 Å². The maximum atomic E-state index is 12.2. The molecule has 1 aromatic carbocycles. The molecule has 0 saturated heterocycles. The van der Waals surface area contributed by atoms with E-state index in [0.29, 0.717) is 26.7 Å². The first-order chi connectivity index (χ1) is 12.3. The van der Waals surface area contributed by atoms with Crippen LogP contribution in [0.1, 0.15) is 25.5 Å². The highest BCUT2D eigenvalue weighted by molar-refractivity contribution is 7.99. The highest BCUT2D eigenvalue weighted by Gasteiger charge is 2.15. The van der Waals surface area contributed by atoms with E-state index in [1.54, 1.807) is 22.6 Å². The number of halogens is 2. The van der Waals surface area contributed by atoms with Gasteiger partial charge in [0, 0.05) is 17.4 Å². The van der Waals surface area contributed by atoms with E-state index in [2.05, 4.69) is 20.5 Å². The minimum absolute atomic E-state index is 0.0974. The molecule has 0 unspecified atom stereocenters. The fourth-order valence-electron chi connectivity index (χ4n) is 2.35. The van der Waals surface area contributed by atoms with Gasteiger partial charge in [0.2, 0.25) is 11.7 Å². The van der Waals surface area contributed by atoms with E-state index in [1.807, 2.05) is 13.8 Å². The maximum absolute atomic E-state index is 12.2. The van der Waals surface area contributed by atoms with Crippen LogP contribution in [0, 0.1) is 0 Å². The summed E-state index contributed by atoms with van der Waals surface area (Å²) in [7, 11) is 0. The van der Waals surface area contributed by atoms with Gasteiger partial charge in [0.15, 0.2) is 5.16 Å². The molecule has 0 spiro atoms. The molecule has 1 amide bonds. The summed E-state index contributed by atoms with van der Waals surface area (Å²) in [5.41, 5.74) is 1.10. The summed E-state index contributed by atoms with van der Waals surface area (Å²) < 4.78 is 1.75. The minimum Gasteiger partial charge on any atom is -0.325 e. The monoisotopic (exact) mass is 411 g/mol. The number of H-pyrrole nitrogens is 1. The second-order valence-corrected chi connectivity index (χ2v) is 7.58. The van der Waals surface area contributed by atoms with Crippen molar-refractivity contribution in [2.75, 3.05) is 11.1 Å². The van der Waals surface area contributed by atoms with Crippen LogP contribution in [0.3, 0.4) is 0 Å². The van der Waals surface area contributed by atoms with Crippen molar-refractivity contribution in [1.29, 1.82) is 0 Å². The van der Waals surface area contributed by atoms with E-state index in [1.165, 1.54) is 17.8 Å². The number of fused-ring (bicyclic) bond motifs is 1. The van der Waals surface area contributed by atoms with E-state index in [4.69, 9.17) is 23.2 Å². The zero-order chi connectivity index (χ0) is 18.8. The van der Waals surface area contributed by atoms with Crippen molar-refractivity contribution in [2.45, 2.75) is 24.9 Å². The summed E-state index contributed by atoms with van der Waals surface area (Å²) in [5.74, 6) is 0.354. The number of rotatable bonds is 5. The summed E-state index contributed by atoms with van der Waals surface area (Å²) in [4.78, 5) is 26.5. The Hall–Kier alpha value is -2.03. The van der Waals surface area contributed by atoms with Crippen molar-refractivity contribution >= 4 is 52.3 Å². The Balaban J connectivity index is 1.76. The normalized spacial score (nSPS) is 11.3. The number of nitrogens with one attached hydrogen (secondary N) is 2. The van der Waals surface area contributed by atoms with Gasteiger partial charge in [-0.3, -0.25) is 19.0 Å². The molecular weight excluding hydrogens is 397 g/mol. The molecule has 0 bridgehead atoms. The number of aromatic nitrogens is 4. The summed E-state index contributed by atoms with van der Waals surface area (Å²) in [6.45, 7) is 3.94. The Morgan fingerprint density at radius 1 is 1.27 bits per heavy atom. The van der Waals surface area contributed by atoms with Gasteiger partial charge in [-0.1, -0.05) is 48.8 Å². The summed E-state index contributed by atoms with van der Waals surface area (Å²) >= 11 is 13.0. The van der Waals surface area contributed by atoms with Gasteiger partial charge in [0.25, 0.3) is 5.56 Å². The largest absolute Gasteiger partial charge is 0.325 e. The van der Waals surface area contributed by atoms with Gasteiger partial charge in [0.1, 0.15) is 0 Å². The number of benzene rings is 1. The Bertz CT molecular complexity index is 1030.